The highest BCUT2D eigenvalue weighted by atomic mass is 35.5. The molecule has 7 heteroatoms. The fourth-order valence-electron chi connectivity index (χ4n) is 2.08. The van der Waals surface area contributed by atoms with Crippen LogP contribution in [-0.4, -0.2) is 21.6 Å². The maximum atomic E-state index is 12.0. The fourth-order valence-corrected chi connectivity index (χ4v) is 3.00. The molecule has 0 saturated heterocycles. The SMILES string of the molecule is C[n+]1c(SCC(=O)Nc2ccc(Cl)cn2)[nH]c2ccccc21. The summed E-state index contributed by atoms with van der Waals surface area (Å²) in [6.45, 7) is 0. The van der Waals surface area contributed by atoms with Gasteiger partial charge >= 0.3 is 5.16 Å². The van der Waals surface area contributed by atoms with Gasteiger partial charge in [-0.05, 0) is 36.0 Å². The number of nitrogens with zero attached hydrogens (tertiary/aromatic N) is 2. The summed E-state index contributed by atoms with van der Waals surface area (Å²) in [5.74, 6) is 0.680. The van der Waals surface area contributed by atoms with Crippen LogP contribution >= 0.6 is 23.4 Å². The number of anilines is 1. The molecule has 0 aliphatic rings. The zero-order chi connectivity index (χ0) is 15.5. The van der Waals surface area contributed by atoms with Crippen LogP contribution in [0.25, 0.3) is 11.0 Å². The van der Waals surface area contributed by atoms with Gasteiger partial charge in [0.25, 0.3) is 0 Å². The van der Waals surface area contributed by atoms with Gasteiger partial charge < -0.3 is 5.32 Å². The molecule has 2 N–H and O–H groups in total. The summed E-state index contributed by atoms with van der Waals surface area (Å²) in [4.78, 5) is 19.3. The second-order valence-corrected chi connectivity index (χ2v) is 6.11. The van der Waals surface area contributed by atoms with Crippen molar-refractivity contribution < 1.29 is 9.36 Å². The Balaban J connectivity index is 1.64. The number of pyridine rings is 1. The summed E-state index contributed by atoms with van der Waals surface area (Å²) in [5, 5.41) is 4.21. The van der Waals surface area contributed by atoms with E-state index in [-0.39, 0.29) is 5.91 Å². The second kappa shape index (κ2) is 6.37. The largest absolute Gasteiger partial charge is 0.317 e. The normalized spacial score (nSPS) is 10.8. The summed E-state index contributed by atoms with van der Waals surface area (Å²) >= 11 is 7.20. The van der Waals surface area contributed by atoms with E-state index in [1.54, 1.807) is 12.1 Å². The Morgan fingerprint density at radius 1 is 1.36 bits per heavy atom. The summed E-state index contributed by atoms with van der Waals surface area (Å²) in [6.07, 6.45) is 1.50. The minimum atomic E-state index is -0.113. The van der Waals surface area contributed by atoms with Crippen LogP contribution in [0.2, 0.25) is 5.02 Å². The van der Waals surface area contributed by atoms with Crippen LogP contribution in [0.1, 0.15) is 0 Å². The lowest BCUT2D eigenvalue weighted by molar-refractivity contribution is -0.683. The molecular formula is C15H14ClN4OS+. The first-order valence-corrected chi connectivity index (χ1v) is 8.01. The summed E-state index contributed by atoms with van der Waals surface area (Å²) < 4.78 is 2.04. The minimum absolute atomic E-state index is 0.113. The molecule has 5 nitrogen and oxygen atoms in total. The lowest BCUT2D eigenvalue weighted by Gasteiger charge is -2.02. The summed E-state index contributed by atoms with van der Waals surface area (Å²) in [5.41, 5.74) is 2.15. The van der Waals surface area contributed by atoms with Crippen LogP contribution in [0.4, 0.5) is 5.82 Å². The second-order valence-electron chi connectivity index (χ2n) is 4.70. The van der Waals surface area contributed by atoms with Gasteiger partial charge in [-0.25, -0.2) is 14.5 Å². The molecule has 1 amide bonds. The number of H-pyrrole nitrogens is 1. The van der Waals surface area contributed by atoms with Crippen molar-refractivity contribution in [3.8, 4) is 0 Å². The number of para-hydroxylation sites is 2. The molecule has 0 bridgehead atoms. The van der Waals surface area contributed by atoms with E-state index in [2.05, 4.69) is 15.3 Å². The van der Waals surface area contributed by atoms with Crippen molar-refractivity contribution in [1.82, 2.24) is 9.97 Å². The van der Waals surface area contributed by atoms with Gasteiger partial charge in [0.05, 0.1) is 17.8 Å². The monoisotopic (exact) mass is 333 g/mol. The van der Waals surface area contributed by atoms with Crippen molar-refractivity contribution in [1.29, 1.82) is 0 Å². The zero-order valence-electron chi connectivity index (χ0n) is 11.8. The molecule has 2 heterocycles. The molecular weight excluding hydrogens is 320 g/mol. The Kier molecular flexibility index (Phi) is 4.31. The van der Waals surface area contributed by atoms with Gasteiger partial charge in [0.2, 0.25) is 5.91 Å². The molecule has 0 aliphatic heterocycles. The number of imidazole rings is 1. The van der Waals surface area contributed by atoms with Gasteiger partial charge in [-0.2, -0.15) is 0 Å². The molecule has 0 saturated carbocycles. The number of fused-ring (bicyclic) bond motifs is 1. The first-order valence-electron chi connectivity index (χ1n) is 6.64. The van der Waals surface area contributed by atoms with Crippen molar-refractivity contribution >= 4 is 46.1 Å². The van der Waals surface area contributed by atoms with Gasteiger partial charge in [0.15, 0.2) is 11.0 Å². The molecule has 1 aromatic carbocycles. The van der Waals surface area contributed by atoms with Crippen molar-refractivity contribution in [2.45, 2.75) is 5.16 Å². The van der Waals surface area contributed by atoms with E-state index in [4.69, 9.17) is 11.6 Å². The zero-order valence-corrected chi connectivity index (χ0v) is 13.4. The first-order chi connectivity index (χ1) is 10.6. The number of thioether (sulfide) groups is 1. The van der Waals surface area contributed by atoms with Crippen LogP contribution in [0, 0.1) is 0 Å². The molecule has 2 aromatic heterocycles. The van der Waals surface area contributed by atoms with E-state index >= 15 is 0 Å². The third-order valence-corrected chi connectivity index (χ3v) is 4.43. The third kappa shape index (κ3) is 3.23. The van der Waals surface area contributed by atoms with Crippen LogP contribution in [0.3, 0.4) is 0 Å². The molecule has 0 atom stereocenters. The Hall–Kier alpha value is -2.05. The average molecular weight is 334 g/mol. The van der Waals surface area contributed by atoms with E-state index in [1.165, 1.54) is 18.0 Å². The van der Waals surface area contributed by atoms with E-state index < -0.39 is 0 Å². The summed E-state index contributed by atoms with van der Waals surface area (Å²) in [7, 11) is 1.97. The van der Waals surface area contributed by atoms with E-state index in [0.29, 0.717) is 16.6 Å². The number of halogens is 1. The first kappa shape index (κ1) is 14.9. The number of carbonyl (C=O) groups excluding carboxylic acids is 1. The standard InChI is InChI=1S/C15H13ClN4OS/c1-20-12-5-3-2-4-11(12)18-15(20)22-9-14(21)19-13-7-6-10(16)8-17-13/h2-8H,9H2,1H3,(H,17,19,21)/p+1. The molecule has 112 valence electrons. The van der Waals surface area contributed by atoms with Crippen LogP contribution in [0.5, 0.6) is 0 Å². The molecule has 0 unspecified atom stereocenters. The lowest BCUT2D eigenvalue weighted by Crippen LogP contribution is -2.29. The Labute approximate surface area is 136 Å². The van der Waals surface area contributed by atoms with Crippen molar-refractivity contribution in [3.63, 3.8) is 0 Å². The number of aromatic amines is 1. The quantitative estimate of drug-likeness (QED) is 0.570. The number of amides is 1. The lowest BCUT2D eigenvalue weighted by atomic mass is 10.3. The van der Waals surface area contributed by atoms with Crippen LogP contribution < -0.4 is 9.88 Å². The number of aryl methyl sites for hydroxylation is 1. The highest BCUT2D eigenvalue weighted by Gasteiger charge is 2.16. The fraction of sp³-hybridized carbons (Fsp3) is 0.133. The topological polar surface area (TPSA) is 61.7 Å². The number of carbonyl (C=O) groups is 1. The van der Waals surface area contributed by atoms with Gasteiger partial charge in [-0.15, -0.1) is 0 Å². The summed E-state index contributed by atoms with van der Waals surface area (Å²) in [6, 6.07) is 11.4. The highest BCUT2D eigenvalue weighted by Crippen LogP contribution is 2.17. The van der Waals surface area contributed by atoms with Crippen LogP contribution in [-0.2, 0) is 11.8 Å². The van der Waals surface area contributed by atoms with Gasteiger partial charge in [0, 0.05) is 6.20 Å². The number of rotatable bonds is 4. The maximum Gasteiger partial charge on any atom is 0.317 e. The number of nitrogens with one attached hydrogen (secondary N) is 2. The molecule has 0 aliphatic carbocycles. The molecule has 0 radical (unpaired) electrons. The van der Waals surface area contributed by atoms with Gasteiger partial charge in [-0.3, -0.25) is 4.79 Å². The third-order valence-electron chi connectivity index (χ3n) is 3.15. The van der Waals surface area contributed by atoms with E-state index in [9.17, 15) is 4.79 Å². The average Bonchev–Trinajstić information content (AvgIpc) is 2.84. The van der Waals surface area contributed by atoms with Crippen molar-refractivity contribution in [2.24, 2.45) is 7.05 Å². The molecule has 0 fully saturated rings. The Morgan fingerprint density at radius 2 is 2.18 bits per heavy atom. The van der Waals surface area contributed by atoms with Crippen molar-refractivity contribution in [3.05, 3.63) is 47.6 Å². The van der Waals surface area contributed by atoms with Gasteiger partial charge in [-0.1, -0.05) is 23.7 Å². The molecule has 3 rings (SSSR count). The molecule has 22 heavy (non-hydrogen) atoms. The van der Waals surface area contributed by atoms with Crippen molar-refractivity contribution in [2.75, 3.05) is 11.1 Å². The van der Waals surface area contributed by atoms with Gasteiger partial charge in [0.1, 0.15) is 5.82 Å². The Bertz CT molecular complexity index is 816. The predicted octanol–water partition coefficient (Wildman–Crippen LogP) is 2.77. The van der Waals surface area contributed by atoms with Crippen LogP contribution in [0.15, 0.2) is 47.8 Å². The highest BCUT2D eigenvalue weighted by molar-refractivity contribution is 7.99. The molecule has 3 aromatic rings. The predicted molar refractivity (Wildman–Crippen MR) is 88.1 cm³/mol. The van der Waals surface area contributed by atoms with E-state index in [0.717, 1.165) is 16.2 Å². The minimum Gasteiger partial charge on any atom is -0.310 e. The number of aromatic nitrogens is 3. The maximum absolute atomic E-state index is 12.0. The molecule has 0 spiro atoms. The number of hydrogen-bond acceptors (Lipinski definition) is 3. The number of benzene rings is 1. The number of hydrogen-bond donors (Lipinski definition) is 2. The smallest absolute Gasteiger partial charge is 0.310 e. The Morgan fingerprint density at radius 3 is 2.91 bits per heavy atom. The van der Waals surface area contributed by atoms with E-state index in [1.807, 2.05) is 35.9 Å².